The fourth-order valence-corrected chi connectivity index (χ4v) is 5.12. The van der Waals surface area contributed by atoms with E-state index >= 15 is 0 Å². The molecule has 1 aromatic heterocycles. The number of imide groups is 1. The van der Waals surface area contributed by atoms with E-state index in [1.807, 2.05) is 6.07 Å². The zero-order chi connectivity index (χ0) is 23.2. The van der Waals surface area contributed by atoms with Crippen molar-refractivity contribution in [2.24, 2.45) is 0 Å². The van der Waals surface area contributed by atoms with Crippen LogP contribution in [0.2, 0.25) is 0 Å². The van der Waals surface area contributed by atoms with Crippen molar-refractivity contribution in [2.75, 3.05) is 0 Å². The number of nitro groups is 1. The van der Waals surface area contributed by atoms with Gasteiger partial charge in [-0.1, -0.05) is 36.4 Å². The molecule has 2 N–H and O–H groups in total. The average Bonchev–Trinajstić information content (AvgIpc) is 3.35. The molecule has 1 aliphatic heterocycles. The Bertz CT molecular complexity index is 1440. The van der Waals surface area contributed by atoms with Gasteiger partial charge in [0.25, 0.3) is 10.9 Å². The topological polar surface area (TPSA) is 127 Å². The van der Waals surface area contributed by atoms with Crippen molar-refractivity contribution in [3.8, 4) is 11.4 Å². The highest BCUT2D eigenvalue weighted by Gasteiger charge is 2.49. The standard InChI is InChI=1S/C23H16N4O5S/c28-18-8-6-14(12-23(16-4-2-1-3-5-16)21(29)25-22(30)33-23)20(11-18)26-19-9-7-17(27(31)32)10-15(19)13-24-26/h1-11,13,28H,12H2,(H,25,29,30). The lowest BCUT2D eigenvalue weighted by atomic mass is 9.89. The summed E-state index contributed by atoms with van der Waals surface area (Å²) >= 11 is 0.921. The van der Waals surface area contributed by atoms with E-state index in [1.54, 1.807) is 41.1 Å². The molecule has 33 heavy (non-hydrogen) atoms. The minimum absolute atomic E-state index is 0.00678. The lowest BCUT2D eigenvalue weighted by molar-refractivity contribution is -0.384. The van der Waals surface area contributed by atoms with Crippen LogP contribution in [-0.2, 0) is 16.0 Å². The molecule has 4 aromatic rings. The van der Waals surface area contributed by atoms with Crippen LogP contribution in [0.25, 0.3) is 16.6 Å². The van der Waals surface area contributed by atoms with Gasteiger partial charge in [0.05, 0.1) is 22.3 Å². The van der Waals surface area contributed by atoms with Gasteiger partial charge >= 0.3 is 0 Å². The second-order valence-corrected chi connectivity index (χ2v) is 8.85. The smallest absolute Gasteiger partial charge is 0.287 e. The number of hydrogen-bond donors (Lipinski definition) is 2. The van der Waals surface area contributed by atoms with Crippen molar-refractivity contribution in [1.29, 1.82) is 0 Å². The van der Waals surface area contributed by atoms with E-state index in [4.69, 9.17) is 0 Å². The lowest BCUT2D eigenvalue weighted by Crippen LogP contribution is -2.36. The van der Waals surface area contributed by atoms with E-state index < -0.39 is 20.8 Å². The third kappa shape index (κ3) is 3.50. The molecule has 1 atom stereocenters. The molecule has 1 saturated heterocycles. The molecule has 2 amide bonds. The zero-order valence-electron chi connectivity index (χ0n) is 17.0. The highest BCUT2D eigenvalue weighted by Crippen LogP contribution is 2.45. The Hall–Kier alpha value is -4.18. The molecule has 0 bridgehead atoms. The number of aromatic hydroxyl groups is 1. The van der Waals surface area contributed by atoms with E-state index in [2.05, 4.69) is 10.4 Å². The lowest BCUT2D eigenvalue weighted by Gasteiger charge is -2.26. The molecule has 10 heteroatoms. The molecular weight excluding hydrogens is 444 g/mol. The van der Waals surface area contributed by atoms with Crippen molar-refractivity contribution in [3.63, 3.8) is 0 Å². The summed E-state index contributed by atoms with van der Waals surface area (Å²) in [5.41, 5.74) is 2.39. The Labute approximate surface area is 191 Å². The number of non-ortho nitro benzene ring substituents is 1. The number of nitro benzene ring substituents is 1. The maximum atomic E-state index is 13.0. The third-order valence-electron chi connectivity index (χ3n) is 5.59. The molecule has 1 fully saturated rings. The molecular formula is C23H16N4O5S. The number of hydrogen-bond acceptors (Lipinski definition) is 7. The van der Waals surface area contributed by atoms with Crippen LogP contribution < -0.4 is 5.32 Å². The van der Waals surface area contributed by atoms with E-state index in [0.29, 0.717) is 27.7 Å². The van der Waals surface area contributed by atoms with Crippen LogP contribution >= 0.6 is 11.8 Å². The number of fused-ring (bicyclic) bond motifs is 1. The van der Waals surface area contributed by atoms with Gasteiger partial charge in [-0.2, -0.15) is 5.10 Å². The summed E-state index contributed by atoms with van der Waals surface area (Å²) in [6, 6.07) is 18.1. The number of phenolic OH excluding ortho intramolecular Hbond substituents is 1. The Balaban J connectivity index is 1.66. The summed E-state index contributed by atoms with van der Waals surface area (Å²) in [7, 11) is 0. The van der Waals surface area contributed by atoms with Crippen LogP contribution in [0.15, 0.2) is 72.9 Å². The molecule has 0 radical (unpaired) electrons. The Kier molecular flexibility index (Phi) is 4.86. The molecule has 9 nitrogen and oxygen atoms in total. The van der Waals surface area contributed by atoms with Crippen LogP contribution in [-0.4, -0.2) is 31.0 Å². The summed E-state index contributed by atoms with van der Waals surface area (Å²) in [4.78, 5) is 35.8. The minimum Gasteiger partial charge on any atom is -0.508 e. The average molecular weight is 460 g/mol. The number of thioether (sulfide) groups is 1. The van der Waals surface area contributed by atoms with Crippen LogP contribution in [0.3, 0.4) is 0 Å². The molecule has 5 rings (SSSR count). The largest absolute Gasteiger partial charge is 0.508 e. The Morgan fingerprint density at radius 1 is 1.09 bits per heavy atom. The first kappa shape index (κ1) is 20.7. The normalized spacial score (nSPS) is 17.9. The van der Waals surface area contributed by atoms with Gasteiger partial charge in [-0.05, 0) is 35.0 Å². The van der Waals surface area contributed by atoms with Gasteiger partial charge in [0, 0.05) is 30.0 Å². The van der Waals surface area contributed by atoms with Crippen LogP contribution in [0.1, 0.15) is 11.1 Å². The number of nitrogens with one attached hydrogen (secondary N) is 1. The predicted octanol–water partition coefficient (Wildman–Crippen LogP) is 4.06. The third-order valence-corrected chi connectivity index (χ3v) is 6.79. The number of carbonyl (C=O) groups is 2. The summed E-state index contributed by atoms with van der Waals surface area (Å²) in [6.07, 6.45) is 1.66. The number of amides is 2. The highest BCUT2D eigenvalue weighted by atomic mass is 32.2. The molecule has 1 unspecified atom stereocenters. The fraction of sp³-hybridized carbons (Fsp3) is 0.0870. The predicted molar refractivity (Wildman–Crippen MR) is 122 cm³/mol. The molecule has 2 heterocycles. The monoisotopic (exact) mass is 460 g/mol. The number of carbonyl (C=O) groups excluding carboxylic acids is 2. The molecule has 0 aliphatic carbocycles. The van der Waals surface area contributed by atoms with E-state index in [9.17, 15) is 24.8 Å². The van der Waals surface area contributed by atoms with Gasteiger partial charge in [0.15, 0.2) is 0 Å². The van der Waals surface area contributed by atoms with Gasteiger partial charge in [0.1, 0.15) is 10.5 Å². The van der Waals surface area contributed by atoms with Crippen molar-refractivity contribution in [1.82, 2.24) is 15.1 Å². The molecule has 0 spiro atoms. The van der Waals surface area contributed by atoms with Crippen molar-refractivity contribution in [2.45, 2.75) is 11.2 Å². The number of rotatable bonds is 5. The first-order chi connectivity index (χ1) is 15.9. The number of phenols is 1. The van der Waals surface area contributed by atoms with Crippen molar-refractivity contribution < 1.29 is 19.6 Å². The Morgan fingerprint density at radius 3 is 2.58 bits per heavy atom. The number of benzene rings is 3. The van der Waals surface area contributed by atoms with Crippen LogP contribution in [0, 0.1) is 10.1 Å². The summed E-state index contributed by atoms with van der Waals surface area (Å²) < 4.78 is 0.373. The highest BCUT2D eigenvalue weighted by molar-refractivity contribution is 8.15. The molecule has 0 saturated carbocycles. The maximum absolute atomic E-state index is 13.0. The number of aromatic nitrogens is 2. The van der Waals surface area contributed by atoms with Gasteiger partial charge in [0.2, 0.25) is 5.91 Å². The van der Waals surface area contributed by atoms with Crippen LogP contribution in [0.5, 0.6) is 5.75 Å². The maximum Gasteiger partial charge on any atom is 0.287 e. The SMILES string of the molecule is O=C1NC(=O)C(Cc2ccc(O)cc2-n2ncc3cc([N+](=O)[O-])ccc32)(c2ccccc2)S1. The van der Waals surface area contributed by atoms with Crippen LogP contribution in [0.4, 0.5) is 10.5 Å². The summed E-state index contributed by atoms with van der Waals surface area (Å²) in [5.74, 6) is -0.420. The van der Waals surface area contributed by atoms with E-state index in [0.717, 1.165) is 11.8 Å². The van der Waals surface area contributed by atoms with Gasteiger partial charge in [-0.3, -0.25) is 25.0 Å². The summed E-state index contributed by atoms with van der Waals surface area (Å²) in [6.45, 7) is 0. The number of nitrogens with zero attached hydrogens (tertiary/aromatic N) is 3. The van der Waals surface area contributed by atoms with Crippen molar-refractivity contribution >= 4 is 39.5 Å². The summed E-state index contributed by atoms with van der Waals surface area (Å²) in [5, 5.41) is 28.2. The minimum atomic E-state index is -1.19. The van der Waals surface area contributed by atoms with E-state index in [-0.39, 0.29) is 17.9 Å². The molecule has 164 valence electrons. The zero-order valence-corrected chi connectivity index (χ0v) is 17.8. The van der Waals surface area contributed by atoms with Gasteiger partial charge in [-0.25, -0.2) is 4.68 Å². The second kappa shape index (κ2) is 7.75. The van der Waals surface area contributed by atoms with Gasteiger partial charge < -0.3 is 5.11 Å². The quantitative estimate of drug-likeness (QED) is 0.340. The fourth-order valence-electron chi connectivity index (χ4n) is 4.03. The molecule has 3 aromatic carbocycles. The first-order valence-electron chi connectivity index (χ1n) is 9.92. The van der Waals surface area contributed by atoms with Gasteiger partial charge in [-0.15, -0.1) is 0 Å². The second-order valence-electron chi connectivity index (χ2n) is 7.58. The van der Waals surface area contributed by atoms with E-state index in [1.165, 1.54) is 30.5 Å². The Morgan fingerprint density at radius 2 is 1.88 bits per heavy atom. The van der Waals surface area contributed by atoms with Crippen molar-refractivity contribution in [3.05, 3.63) is 94.2 Å². The first-order valence-corrected chi connectivity index (χ1v) is 10.7. The molecule has 1 aliphatic rings.